The molecule has 4 nitrogen and oxygen atoms in total. The van der Waals surface area contributed by atoms with Crippen LogP contribution in [0.1, 0.15) is 58.3 Å². The molecule has 29 heavy (non-hydrogen) atoms. The van der Waals surface area contributed by atoms with Crippen LogP contribution in [0.5, 0.6) is 0 Å². The molecular weight excluding hydrogens is 364 g/mol. The molecule has 1 unspecified atom stereocenters. The second-order valence-corrected chi connectivity index (χ2v) is 6.47. The maximum atomic E-state index is 11.4. The lowest BCUT2D eigenvalue weighted by Gasteiger charge is -2.07. The van der Waals surface area contributed by atoms with Gasteiger partial charge in [-0.1, -0.05) is 79.8 Å². The molecule has 0 aliphatic carbocycles. The first-order valence-corrected chi connectivity index (χ1v) is 10.5. The number of aliphatic hydroxyl groups is 2. The van der Waals surface area contributed by atoms with E-state index in [4.69, 9.17) is 14.9 Å². The van der Waals surface area contributed by atoms with Crippen LogP contribution in [0, 0.1) is 0 Å². The molecule has 0 bridgehead atoms. The predicted molar refractivity (Wildman–Crippen MR) is 122 cm³/mol. The summed E-state index contributed by atoms with van der Waals surface area (Å²) in [7, 11) is 0. The van der Waals surface area contributed by atoms with E-state index in [1.165, 1.54) is 0 Å². The van der Waals surface area contributed by atoms with Crippen molar-refractivity contribution in [3.05, 3.63) is 72.9 Å². The molecule has 162 valence electrons. The number of hydrogen-bond acceptors (Lipinski definition) is 4. The summed E-state index contributed by atoms with van der Waals surface area (Å²) >= 11 is 0. The van der Waals surface area contributed by atoms with Crippen molar-refractivity contribution < 1.29 is 19.7 Å². The van der Waals surface area contributed by atoms with E-state index in [1.54, 1.807) is 0 Å². The van der Waals surface area contributed by atoms with Crippen molar-refractivity contribution in [1.29, 1.82) is 0 Å². The Bertz CT molecular complexity index is 553. The molecule has 0 amide bonds. The molecule has 4 heteroatoms. The highest BCUT2D eigenvalue weighted by Crippen LogP contribution is 1.99. The van der Waals surface area contributed by atoms with Gasteiger partial charge < -0.3 is 14.9 Å². The zero-order valence-electron chi connectivity index (χ0n) is 17.8. The molecule has 0 aromatic rings. The van der Waals surface area contributed by atoms with Crippen molar-refractivity contribution in [2.45, 2.75) is 64.4 Å². The Morgan fingerprint density at radius 3 is 1.59 bits per heavy atom. The fourth-order valence-corrected chi connectivity index (χ4v) is 2.15. The van der Waals surface area contributed by atoms with E-state index in [0.717, 1.165) is 38.5 Å². The van der Waals surface area contributed by atoms with Gasteiger partial charge in [0.05, 0.1) is 6.61 Å². The minimum absolute atomic E-state index is 0.154. The molecule has 0 aliphatic rings. The second kappa shape index (κ2) is 22.1. The summed E-state index contributed by atoms with van der Waals surface area (Å²) in [5.74, 6) is -0.364. The topological polar surface area (TPSA) is 66.8 Å². The van der Waals surface area contributed by atoms with Crippen molar-refractivity contribution in [1.82, 2.24) is 0 Å². The van der Waals surface area contributed by atoms with Gasteiger partial charge in [-0.15, -0.1) is 0 Å². The summed E-state index contributed by atoms with van der Waals surface area (Å²) in [6, 6.07) is 0. The lowest BCUT2D eigenvalue weighted by Crippen LogP contribution is -2.21. The van der Waals surface area contributed by atoms with Crippen LogP contribution in [-0.2, 0) is 9.53 Å². The van der Waals surface area contributed by atoms with Gasteiger partial charge in [-0.25, -0.2) is 0 Å². The lowest BCUT2D eigenvalue weighted by atomic mass is 10.2. The molecule has 0 fully saturated rings. The Morgan fingerprint density at radius 1 is 0.759 bits per heavy atom. The van der Waals surface area contributed by atoms with E-state index < -0.39 is 12.7 Å². The fraction of sp³-hybridized carbons (Fsp3) is 0.480. The summed E-state index contributed by atoms with van der Waals surface area (Å²) in [6.07, 6.45) is 31.4. The third-order valence-corrected chi connectivity index (χ3v) is 3.76. The van der Waals surface area contributed by atoms with Gasteiger partial charge in [-0.3, -0.25) is 4.79 Å². The van der Waals surface area contributed by atoms with Crippen LogP contribution in [-0.4, -0.2) is 35.5 Å². The fourth-order valence-electron chi connectivity index (χ4n) is 2.15. The van der Waals surface area contributed by atoms with Gasteiger partial charge in [0.1, 0.15) is 12.7 Å². The third kappa shape index (κ3) is 22.0. The molecule has 0 radical (unpaired) electrons. The van der Waals surface area contributed by atoms with E-state index in [0.29, 0.717) is 6.42 Å². The highest BCUT2D eigenvalue weighted by molar-refractivity contribution is 5.69. The monoisotopic (exact) mass is 402 g/mol. The van der Waals surface area contributed by atoms with Gasteiger partial charge in [0.15, 0.2) is 0 Å². The molecule has 1 atom stereocenters. The predicted octanol–water partition coefficient (Wildman–Crippen LogP) is 5.36. The van der Waals surface area contributed by atoms with Crippen LogP contribution in [0.2, 0.25) is 0 Å². The average Bonchev–Trinajstić information content (AvgIpc) is 2.73. The average molecular weight is 403 g/mol. The molecule has 0 aromatic heterocycles. The van der Waals surface area contributed by atoms with Crippen LogP contribution in [0.3, 0.4) is 0 Å². The molecule has 0 rings (SSSR count). The number of aliphatic hydroxyl groups excluding tert-OH is 2. The Kier molecular flexibility index (Phi) is 20.5. The van der Waals surface area contributed by atoms with Gasteiger partial charge in [0.25, 0.3) is 0 Å². The summed E-state index contributed by atoms with van der Waals surface area (Å²) in [5, 5.41) is 17.7. The lowest BCUT2D eigenvalue weighted by molar-refractivity contribution is -0.147. The maximum Gasteiger partial charge on any atom is 0.306 e. The second-order valence-electron chi connectivity index (χ2n) is 6.47. The van der Waals surface area contributed by atoms with Gasteiger partial charge >= 0.3 is 5.97 Å². The number of allylic oxidation sites excluding steroid dienone is 12. The highest BCUT2D eigenvalue weighted by atomic mass is 16.5. The van der Waals surface area contributed by atoms with E-state index in [9.17, 15) is 4.79 Å². The Balaban J connectivity index is 3.58. The van der Waals surface area contributed by atoms with Crippen LogP contribution >= 0.6 is 0 Å². The van der Waals surface area contributed by atoms with Crippen LogP contribution in [0.15, 0.2) is 72.9 Å². The summed E-state index contributed by atoms with van der Waals surface area (Å²) in [6.45, 7) is 1.59. The molecule has 0 saturated carbocycles. The van der Waals surface area contributed by atoms with Crippen molar-refractivity contribution in [3.63, 3.8) is 0 Å². The minimum Gasteiger partial charge on any atom is -0.463 e. The van der Waals surface area contributed by atoms with Crippen molar-refractivity contribution in [2.75, 3.05) is 13.2 Å². The summed E-state index contributed by atoms with van der Waals surface area (Å²) in [4.78, 5) is 11.4. The van der Waals surface area contributed by atoms with Crippen LogP contribution < -0.4 is 0 Å². The molecule has 0 aliphatic heterocycles. The Hall–Kier alpha value is -2.17. The Labute approximate surface area is 176 Å². The number of rotatable bonds is 17. The van der Waals surface area contributed by atoms with Crippen molar-refractivity contribution in [3.8, 4) is 0 Å². The van der Waals surface area contributed by atoms with Gasteiger partial charge in [-0.05, 0) is 44.9 Å². The third-order valence-electron chi connectivity index (χ3n) is 3.76. The zero-order chi connectivity index (χ0) is 21.4. The smallest absolute Gasteiger partial charge is 0.306 e. The van der Waals surface area contributed by atoms with E-state index >= 15 is 0 Å². The number of ether oxygens (including phenoxy) is 1. The number of esters is 1. The SMILES string of the molecule is CC/C=C/C/C=C/C/C=C/C/C=C/C/C=C\C/C=C/CCC(=O)OCC(O)CO. The zero-order valence-corrected chi connectivity index (χ0v) is 17.8. The number of carbonyl (C=O) groups is 1. The number of hydrogen-bond donors (Lipinski definition) is 2. The molecular formula is C25H38O4. The Morgan fingerprint density at radius 2 is 1.17 bits per heavy atom. The first-order chi connectivity index (χ1) is 14.2. The summed E-state index contributed by atoms with van der Waals surface area (Å²) in [5.41, 5.74) is 0. The van der Waals surface area contributed by atoms with Crippen molar-refractivity contribution >= 4 is 5.97 Å². The van der Waals surface area contributed by atoms with E-state index in [1.807, 2.05) is 12.2 Å². The van der Waals surface area contributed by atoms with Crippen LogP contribution in [0.4, 0.5) is 0 Å². The normalized spacial score (nSPS) is 13.9. The first-order valence-electron chi connectivity index (χ1n) is 10.5. The van der Waals surface area contributed by atoms with Crippen LogP contribution in [0.25, 0.3) is 0 Å². The van der Waals surface area contributed by atoms with Gasteiger partial charge in [0, 0.05) is 6.42 Å². The molecule has 2 N–H and O–H groups in total. The van der Waals surface area contributed by atoms with Gasteiger partial charge in [0.2, 0.25) is 0 Å². The van der Waals surface area contributed by atoms with E-state index in [2.05, 4.69) is 67.7 Å². The highest BCUT2D eigenvalue weighted by Gasteiger charge is 2.06. The molecule has 0 spiro atoms. The van der Waals surface area contributed by atoms with E-state index in [-0.39, 0.29) is 19.0 Å². The maximum absolute atomic E-state index is 11.4. The van der Waals surface area contributed by atoms with Crippen molar-refractivity contribution in [2.24, 2.45) is 0 Å². The minimum atomic E-state index is -0.996. The number of carbonyl (C=O) groups excluding carboxylic acids is 1. The van der Waals surface area contributed by atoms with Gasteiger partial charge in [-0.2, -0.15) is 0 Å². The molecule has 0 aromatic carbocycles. The first kappa shape index (κ1) is 26.8. The standard InChI is InChI=1S/C25H38O4/c1-2-3-4-5-6-7-8-9-10-11-12-13-14-15-16-17-18-19-20-21-25(28)29-23-24(27)22-26/h3-4,6-7,9-10,12-13,15-16,18-19,24,26-27H,2,5,8,11,14,17,20-23H2,1H3/b4-3+,7-6+,10-9+,13-12+,16-15-,19-18+. The molecule has 0 saturated heterocycles. The quantitative estimate of drug-likeness (QED) is 0.254. The summed E-state index contributed by atoms with van der Waals surface area (Å²) < 4.78 is 4.82. The largest absolute Gasteiger partial charge is 0.463 e. The molecule has 0 heterocycles.